The number of thiazole rings is 2. The largest absolute Gasteiger partial charge is 0.477 e. The highest BCUT2D eigenvalue weighted by molar-refractivity contribution is 7.11. The van der Waals surface area contributed by atoms with Crippen molar-refractivity contribution in [2.24, 2.45) is 5.92 Å². The van der Waals surface area contributed by atoms with Crippen LogP contribution in [0, 0.1) is 5.92 Å². The predicted octanol–water partition coefficient (Wildman–Crippen LogP) is 1.42. The van der Waals surface area contributed by atoms with E-state index in [0.29, 0.717) is 41.8 Å². The molecule has 1 aliphatic heterocycles. The molecular weight excluding hydrogens is 436 g/mol. The maximum Gasteiger partial charge on any atom is 0.407 e. The number of aromatic nitrogens is 2. The molecule has 164 valence electrons. The second kappa shape index (κ2) is 10.7. The van der Waals surface area contributed by atoms with E-state index in [9.17, 15) is 24.0 Å². The third-order valence-electron chi connectivity index (χ3n) is 4.57. The first-order valence-electron chi connectivity index (χ1n) is 9.01. The summed E-state index contributed by atoms with van der Waals surface area (Å²) in [6.45, 7) is 1.75. The Labute approximate surface area is 178 Å². The topological polar surface area (TPSA) is 164 Å². The minimum atomic E-state index is -1.07. The summed E-state index contributed by atoms with van der Waals surface area (Å²) in [7, 11) is 1.72. The number of aromatic carboxylic acids is 1. The van der Waals surface area contributed by atoms with Crippen LogP contribution in [0.3, 0.4) is 0 Å². The number of H-pyrrole nitrogens is 2. The number of rotatable bonds is 5. The number of carboxylic acids is 1. The highest BCUT2D eigenvalue weighted by Gasteiger charge is 2.23. The Bertz CT molecular complexity index is 984. The summed E-state index contributed by atoms with van der Waals surface area (Å²) in [5, 5.41) is 17.1. The van der Waals surface area contributed by atoms with Crippen molar-refractivity contribution in [2.45, 2.75) is 19.3 Å². The fourth-order valence-electron chi connectivity index (χ4n) is 2.86. The lowest BCUT2D eigenvalue weighted by Gasteiger charge is -2.30. The summed E-state index contributed by atoms with van der Waals surface area (Å²) in [6.07, 6.45) is 4.29. The third kappa shape index (κ3) is 6.84. The molecular formula is C17H22N4O7S2. The van der Waals surface area contributed by atoms with Gasteiger partial charge in [-0.25, -0.2) is 9.59 Å². The van der Waals surface area contributed by atoms with Crippen LogP contribution in [-0.4, -0.2) is 74.6 Å². The zero-order valence-corrected chi connectivity index (χ0v) is 17.8. The molecule has 4 N–H and O–H groups in total. The number of hydrogen-bond donors (Lipinski definition) is 4. The van der Waals surface area contributed by atoms with Crippen LogP contribution in [0.2, 0.25) is 0 Å². The number of aromatic amines is 2. The van der Waals surface area contributed by atoms with Crippen molar-refractivity contribution in [1.29, 1.82) is 0 Å². The Kier molecular flexibility index (Phi) is 8.35. The number of amides is 2. The molecule has 0 atom stereocenters. The lowest BCUT2D eigenvalue weighted by Crippen LogP contribution is -2.38. The molecule has 1 saturated heterocycles. The quantitative estimate of drug-likeness (QED) is 0.526. The van der Waals surface area contributed by atoms with E-state index in [1.165, 1.54) is 17.3 Å². The Morgan fingerprint density at radius 3 is 2.00 bits per heavy atom. The zero-order chi connectivity index (χ0) is 22.3. The second-order valence-electron chi connectivity index (χ2n) is 6.62. The standard InChI is InChI=1S/C13H19N3O4S.C4H3NO3S/c1-15(11(17)10-8-14-12(18)21-10)5-2-9-3-6-16(7-4-9)13(19)20;6-3(7)2-1-5-4(8)9-2/h8-9H,2-7H2,1H3,(H,14,18)(H,19,20);1H,(H,5,8)(H,6,7). The third-order valence-corrected chi connectivity index (χ3v) is 6.20. The molecule has 0 saturated carbocycles. The van der Waals surface area contributed by atoms with Crippen molar-refractivity contribution in [3.8, 4) is 0 Å². The first-order chi connectivity index (χ1) is 14.2. The van der Waals surface area contributed by atoms with E-state index < -0.39 is 12.1 Å². The molecule has 0 bridgehead atoms. The fraction of sp³-hybridized carbons (Fsp3) is 0.471. The smallest absolute Gasteiger partial charge is 0.407 e. The Morgan fingerprint density at radius 2 is 1.60 bits per heavy atom. The van der Waals surface area contributed by atoms with Crippen molar-refractivity contribution < 1.29 is 24.6 Å². The first-order valence-corrected chi connectivity index (χ1v) is 10.6. The van der Waals surface area contributed by atoms with Crippen molar-refractivity contribution in [3.63, 3.8) is 0 Å². The molecule has 3 rings (SSSR count). The molecule has 30 heavy (non-hydrogen) atoms. The normalized spacial score (nSPS) is 14.0. The number of likely N-dealkylation sites (tertiary alicyclic amines) is 1. The van der Waals surface area contributed by atoms with E-state index in [1.54, 1.807) is 11.9 Å². The van der Waals surface area contributed by atoms with Gasteiger partial charge in [0.25, 0.3) is 5.91 Å². The van der Waals surface area contributed by atoms with E-state index in [2.05, 4.69) is 9.97 Å². The lowest BCUT2D eigenvalue weighted by atomic mass is 9.93. The molecule has 0 unspecified atom stereocenters. The van der Waals surface area contributed by atoms with Crippen LogP contribution < -0.4 is 9.75 Å². The van der Waals surface area contributed by atoms with E-state index in [1.807, 2.05) is 0 Å². The van der Waals surface area contributed by atoms with E-state index in [-0.39, 0.29) is 20.5 Å². The number of carboxylic acid groups (broad SMARTS) is 2. The van der Waals surface area contributed by atoms with Gasteiger partial charge in [0.1, 0.15) is 9.75 Å². The summed E-state index contributed by atoms with van der Waals surface area (Å²) in [5.74, 6) is -0.777. The van der Waals surface area contributed by atoms with Gasteiger partial charge >= 0.3 is 21.8 Å². The molecule has 3 heterocycles. The summed E-state index contributed by atoms with van der Waals surface area (Å²) < 4.78 is 0. The number of nitrogens with one attached hydrogen (secondary N) is 2. The average Bonchev–Trinajstić information content (AvgIpc) is 3.34. The monoisotopic (exact) mass is 458 g/mol. The number of nitrogens with zero attached hydrogens (tertiary/aromatic N) is 2. The minimum absolute atomic E-state index is 0.0417. The molecule has 13 heteroatoms. The van der Waals surface area contributed by atoms with Gasteiger partial charge in [-0.3, -0.25) is 14.4 Å². The Hall–Kier alpha value is -2.93. The number of piperidine rings is 1. The van der Waals surface area contributed by atoms with Crippen LogP contribution in [0.4, 0.5) is 4.79 Å². The zero-order valence-electron chi connectivity index (χ0n) is 16.1. The van der Waals surface area contributed by atoms with Gasteiger partial charge in [-0.2, -0.15) is 0 Å². The van der Waals surface area contributed by atoms with Gasteiger partial charge in [-0.1, -0.05) is 22.7 Å². The highest BCUT2D eigenvalue weighted by Crippen LogP contribution is 2.21. The molecule has 0 aliphatic carbocycles. The van der Waals surface area contributed by atoms with Gasteiger partial charge in [0.2, 0.25) is 0 Å². The maximum atomic E-state index is 12.1. The van der Waals surface area contributed by atoms with Crippen molar-refractivity contribution >= 4 is 40.6 Å². The number of carbonyl (C=O) groups excluding carboxylic acids is 1. The van der Waals surface area contributed by atoms with Crippen LogP contribution in [0.25, 0.3) is 0 Å². The maximum absolute atomic E-state index is 12.1. The minimum Gasteiger partial charge on any atom is -0.477 e. The second-order valence-corrected chi connectivity index (χ2v) is 8.65. The molecule has 11 nitrogen and oxygen atoms in total. The van der Waals surface area contributed by atoms with Crippen molar-refractivity contribution in [2.75, 3.05) is 26.7 Å². The van der Waals surface area contributed by atoms with Crippen LogP contribution in [-0.2, 0) is 0 Å². The summed E-state index contributed by atoms with van der Waals surface area (Å²) in [6, 6.07) is 0. The number of hydrogen-bond acceptors (Lipinski definition) is 7. The van der Waals surface area contributed by atoms with Crippen LogP contribution in [0.15, 0.2) is 22.0 Å². The first kappa shape index (κ1) is 23.3. The van der Waals surface area contributed by atoms with E-state index >= 15 is 0 Å². The average molecular weight is 459 g/mol. The molecule has 2 aromatic heterocycles. The lowest BCUT2D eigenvalue weighted by molar-refractivity contribution is 0.0700. The summed E-state index contributed by atoms with van der Waals surface area (Å²) >= 11 is 1.60. The molecule has 1 aliphatic rings. The van der Waals surface area contributed by atoms with Gasteiger partial charge in [0, 0.05) is 39.1 Å². The van der Waals surface area contributed by atoms with Gasteiger partial charge in [0.15, 0.2) is 0 Å². The van der Waals surface area contributed by atoms with E-state index in [4.69, 9.17) is 10.2 Å². The molecule has 0 radical (unpaired) electrons. The molecule has 0 aromatic carbocycles. The van der Waals surface area contributed by atoms with Crippen molar-refractivity contribution in [3.05, 3.63) is 41.5 Å². The van der Waals surface area contributed by atoms with Crippen LogP contribution in [0.5, 0.6) is 0 Å². The van der Waals surface area contributed by atoms with Gasteiger partial charge in [-0.05, 0) is 25.2 Å². The molecule has 2 aromatic rings. The molecule has 1 fully saturated rings. The Morgan fingerprint density at radius 1 is 1.07 bits per heavy atom. The van der Waals surface area contributed by atoms with Crippen LogP contribution >= 0.6 is 22.7 Å². The fourth-order valence-corrected chi connectivity index (χ4v) is 4.06. The molecule has 0 spiro atoms. The van der Waals surface area contributed by atoms with E-state index in [0.717, 1.165) is 30.6 Å². The summed E-state index contributed by atoms with van der Waals surface area (Å²) in [4.78, 5) is 61.9. The summed E-state index contributed by atoms with van der Waals surface area (Å²) in [5.41, 5.74) is 0. The molecule has 2 amide bonds. The van der Waals surface area contributed by atoms with Crippen LogP contribution in [0.1, 0.15) is 38.6 Å². The van der Waals surface area contributed by atoms with Crippen molar-refractivity contribution in [1.82, 2.24) is 19.8 Å². The van der Waals surface area contributed by atoms with Gasteiger partial charge in [-0.15, -0.1) is 0 Å². The van der Waals surface area contributed by atoms with Gasteiger partial charge in [0.05, 0.1) is 0 Å². The van der Waals surface area contributed by atoms with Gasteiger partial charge < -0.3 is 30.0 Å². The highest BCUT2D eigenvalue weighted by atomic mass is 32.1. The SMILES string of the molecule is CN(CCC1CCN(C(=O)O)CC1)C(=O)c1c[nH]c(=O)s1.O=C(O)c1c[nH]c(=O)s1. The Balaban J connectivity index is 0.000000297. The predicted molar refractivity (Wildman–Crippen MR) is 111 cm³/mol. The number of carbonyl (C=O) groups is 3.